The quantitative estimate of drug-likeness (QED) is 0.142. The van der Waals surface area contributed by atoms with Gasteiger partial charge in [0.25, 0.3) is 0 Å². The zero-order valence-electron chi connectivity index (χ0n) is 24.2. The average Bonchev–Trinajstić information content (AvgIpc) is 3.51. The van der Waals surface area contributed by atoms with Crippen LogP contribution in [0.15, 0.2) is 128 Å². The Morgan fingerprint density at radius 1 is 0.814 bits per heavy atom. The van der Waals surface area contributed by atoms with Gasteiger partial charge >= 0.3 is 0 Å². The summed E-state index contributed by atoms with van der Waals surface area (Å²) < 4.78 is 30.5. The molecular formula is C35H37ClN4O2S. The number of nitrogens with one attached hydrogen (secondary N) is 2. The van der Waals surface area contributed by atoms with Crippen molar-refractivity contribution in [3.05, 3.63) is 161 Å². The van der Waals surface area contributed by atoms with Crippen LogP contribution in [0.4, 0.5) is 0 Å². The van der Waals surface area contributed by atoms with Gasteiger partial charge in [-0.3, -0.25) is 0 Å². The van der Waals surface area contributed by atoms with Gasteiger partial charge in [0.05, 0.1) is 17.8 Å². The third-order valence-electron chi connectivity index (χ3n) is 7.82. The molecule has 4 aromatic carbocycles. The second-order valence-electron chi connectivity index (χ2n) is 10.7. The number of imidazole rings is 1. The van der Waals surface area contributed by atoms with E-state index in [0.29, 0.717) is 11.4 Å². The Bertz CT molecular complexity index is 1580. The van der Waals surface area contributed by atoms with Gasteiger partial charge in [0.1, 0.15) is 5.54 Å². The van der Waals surface area contributed by atoms with Crippen molar-refractivity contribution in [3.63, 3.8) is 0 Å². The van der Waals surface area contributed by atoms with Crippen LogP contribution >= 0.6 is 11.6 Å². The molecule has 0 saturated heterocycles. The maximum Gasteiger partial charge on any atom is 0.213 e. The van der Waals surface area contributed by atoms with E-state index in [1.54, 1.807) is 12.1 Å². The first-order chi connectivity index (χ1) is 20.9. The zero-order chi connectivity index (χ0) is 30.1. The molecular weight excluding hydrogens is 576 g/mol. The molecule has 5 aromatic rings. The minimum absolute atomic E-state index is 0.00463. The van der Waals surface area contributed by atoms with Crippen LogP contribution in [0.3, 0.4) is 0 Å². The topological polar surface area (TPSA) is 76.0 Å². The van der Waals surface area contributed by atoms with Gasteiger partial charge in [0, 0.05) is 23.8 Å². The van der Waals surface area contributed by atoms with Crippen LogP contribution in [0.25, 0.3) is 0 Å². The van der Waals surface area contributed by atoms with E-state index in [1.165, 1.54) is 0 Å². The monoisotopic (exact) mass is 612 g/mol. The molecule has 0 radical (unpaired) electrons. The molecule has 222 valence electrons. The maximum absolute atomic E-state index is 12.8. The second kappa shape index (κ2) is 14.1. The molecule has 8 heteroatoms. The molecule has 2 N–H and O–H groups in total. The average molecular weight is 613 g/mol. The minimum Gasteiger partial charge on any atom is -0.319 e. The molecule has 0 amide bonds. The molecule has 0 bridgehead atoms. The summed E-state index contributed by atoms with van der Waals surface area (Å²) in [5.41, 5.74) is 4.65. The Hall–Kier alpha value is -3.75. The largest absolute Gasteiger partial charge is 0.319 e. The Balaban J connectivity index is 1.31. The summed E-state index contributed by atoms with van der Waals surface area (Å²) in [7, 11) is -1.66. The van der Waals surface area contributed by atoms with E-state index in [1.807, 2.05) is 43.7 Å². The fourth-order valence-electron chi connectivity index (χ4n) is 5.62. The Morgan fingerprint density at radius 3 is 1.86 bits per heavy atom. The molecule has 5 rings (SSSR count). The molecule has 1 heterocycles. The predicted octanol–water partition coefficient (Wildman–Crippen LogP) is 6.41. The van der Waals surface area contributed by atoms with Crippen molar-refractivity contribution >= 4 is 21.6 Å². The molecule has 6 nitrogen and oxygen atoms in total. The smallest absolute Gasteiger partial charge is 0.213 e. The van der Waals surface area contributed by atoms with E-state index in [0.717, 1.165) is 40.8 Å². The van der Waals surface area contributed by atoms with Crippen LogP contribution in [0.1, 0.15) is 40.8 Å². The number of sulfonamides is 1. The van der Waals surface area contributed by atoms with Crippen LogP contribution in [-0.2, 0) is 28.5 Å². The summed E-state index contributed by atoms with van der Waals surface area (Å²) in [6.07, 6.45) is 6.28. The summed E-state index contributed by atoms with van der Waals surface area (Å²) in [6.45, 7) is 0.235. The minimum atomic E-state index is -3.47. The van der Waals surface area contributed by atoms with E-state index < -0.39 is 15.6 Å². The molecule has 1 atom stereocenters. The lowest BCUT2D eigenvalue weighted by atomic mass is 9.77. The SMILES string of the molecule is CNC(CCCc1cn(C(c2ccccc2)(c2ccccc2)c2ccccc2)cn1)CS(=O)(=O)NCc1ccc(Cl)cc1. The van der Waals surface area contributed by atoms with Gasteiger partial charge in [-0.2, -0.15) is 0 Å². The highest BCUT2D eigenvalue weighted by Crippen LogP contribution is 2.40. The van der Waals surface area contributed by atoms with Crippen LogP contribution < -0.4 is 10.0 Å². The van der Waals surface area contributed by atoms with E-state index in [2.05, 4.69) is 93.6 Å². The van der Waals surface area contributed by atoms with Crippen molar-refractivity contribution in [1.29, 1.82) is 0 Å². The number of aryl methyl sites for hydroxylation is 1. The van der Waals surface area contributed by atoms with Gasteiger partial charge in [0.2, 0.25) is 10.0 Å². The summed E-state index contributed by atoms with van der Waals surface area (Å²) in [4.78, 5) is 4.83. The highest BCUT2D eigenvalue weighted by Gasteiger charge is 2.38. The molecule has 43 heavy (non-hydrogen) atoms. The van der Waals surface area contributed by atoms with E-state index >= 15 is 0 Å². The molecule has 0 aliphatic rings. The summed E-state index contributed by atoms with van der Waals surface area (Å²) in [5, 5.41) is 3.80. The molecule has 0 aliphatic carbocycles. The number of benzene rings is 4. The first kappa shape index (κ1) is 30.7. The van der Waals surface area contributed by atoms with Crippen molar-refractivity contribution in [2.24, 2.45) is 0 Å². The van der Waals surface area contributed by atoms with E-state index in [4.69, 9.17) is 16.6 Å². The van der Waals surface area contributed by atoms with Crippen molar-refractivity contribution < 1.29 is 8.42 Å². The summed E-state index contributed by atoms with van der Waals surface area (Å²) >= 11 is 5.94. The number of hydrogen-bond donors (Lipinski definition) is 2. The van der Waals surface area contributed by atoms with E-state index in [9.17, 15) is 8.42 Å². The van der Waals surface area contributed by atoms with Crippen LogP contribution in [0.5, 0.6) is 0 Å². The fourth-order valence-corrected chi connectivity index (χ4v) is 7.11. The van der Waals surface area contributed by atoms with Gasteiger partial charge in [-0.25, -0.2) is 18.1 Å². The Labute approximate surface area is 259 Å². The lowest BCUT2D eigenvalue weighted by molar-refractivity contribution is 0.511. The van der Waals surface area contributed by atoms with Crippen LogP contribution in [-0.4, -0.2) is 36.8 Å². The van der Waals surface area contributed by atoms with Crippen molar-refractivity contribution in [3.8, 4) is 0 Å². The highest BCUT2D eigenvalue weighted by atomic mass is 35.5. The molecule has 1 unspecified atom stereocenters. The third-order valence-corrected chi connectivity index (χ3v) is 9.50. The molecule has 0 spiro atoms. The number of rotatable bonds is 14. The summed E-state index contributed by atoms with van der Waals surface area (Å²) in [5.74, 6) is 0.00463. The van der Waals surface area contributed by atoms with Crippen molar-refractivity contribution in [2.75, 3.05) is 12.8 Å². The molecule has 0 fully saturated rings. The second-order valence-corrected chi connectivity index (χ2v) is 13.0. The molecule has 0 saturated carbocycles. The highest BCUT2D eigenvalue weighted by molar-refractivity contribution is 7.89. The third kappa shape index (κ3) is 7.43. The zero-order valence-corrected chi connectivity index (χ0v) is 25.8. The first-order valence-corrected chi connectivity index (χ1v) is 16.5. The molecule has 0 aliphatic heterocycles. The number of hydrogen-bond acceptors (Lipinski definition) is 4. The van der Waals surface area contributed by atoms with Crippen LogP contribution in [0, 0.1) is 0 Å². The van der Waals surface area contributed by atoms with Crippen LogP contribution in [0.2, 0.25) is 5.02 Å². The number of aromatic nitrogens is 2. The Morgan fingerprint density at radius 2 is 1.35 bits per heavy atom. The maximum atomic E-state index is 12.8. The first-order valence-electron chi connectivity index (χ1n) is 14.5. The lowest BCUT2D eigenvalue weighted by Crippen LogP contribution is -2.38. The van der Waals surface area contributed by atoms with Crippen molar-refractivity contribution in [2.45, 2.75) is 37.4 Å². The number of nitrogens with zero attached hydrogens (tertiary/aromatic N) is 2. The normalized spacial score (nSPS) is 12.7. The van der Waals surface area contributed by atoms with Gasteiger partial charge in [0.15, 0.2) is 0 Å². The molecule has 1 aromatic heterocycles. The van der Waals surface area contributed by atoms with Gasteiger partial charge < -0.3 is 9.88 Å². The lowest BCUT2D eigenvalue weighted by Gasteiger charge is -2.37. The predicted molar refractivity (Wildman–Crippen MR) is 175 cm³/mol. The standard InChI is InChI=1S/C35H37ClN4O2S/c1-37-34(26-43(41,42)39-24-28-20-22-32(36)23-21-28)19-11-18-33-25-40(27-38-33)35(29-12-5-2-6-13-29,30-14-7-3-8-15-30)31-16-9-4-10-17-31/h2-10,12-17,20-23,25,27,34,37,39H,11,18-19,24,26H2,1H3. The Kier molecular flexibility index (Phi) is 10.1. The van der Waals surface area contributed by atoms with Gasteiger partial charge in [-0.05, 0) is 60.7 Å². The van der Waals surface area contributed by atoms with Crippen molar-refractivity contribution in [1.82, 2.24) is 19.6 Å². The number of halogens is 1. The summed E-state index contributed by atoms with van der Waals surface area (Å²) in [6, 6.07) is 38.5. The van der Waals surface area contributed by atoms with Gasteiger partial charge in [-0.1, -0.05) is 115 Å². The van der Waals surface area contributed by atoms with Gasteiger partial charge in [-0.15, -0.1) is 0 Å². The van der Waals surface area contributed by atoms with E-state index in [-0.39, 0.29) is 18.3 Å². The fraction of sp³-hybridized carbons (Fsp3) is 0.229.